The van der Waals surface area contributed by atoms with Gasteiger partial charge in [0, 0.05) is 0 Å². The molecular weight excluding hydrogens is 192 g/mol. The van der Waals surface area contributed by atoms with E-state index in [9.17, 15) is 0 Å². The summed E-state index contributed by atoms with van der Waals surface area (Å²) in [5, 5.41) is 11.4. The predicted molar refractivity (Wildman–Crippen MR) is 57.9 cm³/mol. The van der Waals surface area contributed by atoms with Gasteiger partial charge in [0.2, 0.25) is 0 Å². The summed E-state index contributed by atoms with van der Waals surface area (Å²) in [5.41, 5.74) is 8.41. The van der Waals surface area contributed by atoms with Crippen molar-refractivity contribution in [1.82, 2.24) is 9.97 Å². The number of fused-ring (bicyclic) bond motifs is 1. The van der Waals surface area contributed by atoms with Crippen molar-refractivity contribution in [3.63, 3.8) is 0 Å². The van der Waals surface area contributed by atoms with Crippen molar-refractivity contribution >= 4 is 16.9 Å². The van der Waals surface area contributed by atoms with Gasteiger partial charge < -0.3 is 15.9 Å². The topological polar surface area (TPSA) is 87.3 Å². The highest BCUT2D eigenvalue weighted by Crippen LogP contribution is 2.15. The second-order valence-corrected chi connectivity index (χ2v) is 3.42. The van der Waals surface area contributed by atoms with Gasteiger partial charge in [-0.3, -0.25) is 0 Å². The Bertz CT molecular complexity index is 515. The van der Waals surface area contributed by atoms with Crippen LogP contribution in [0.3, 0.4) is 0 Å². The lowest BCUT2D eigenvalue weighted by atomic mass is 10.2. The number of imidazole rings is 1. The Hall–Kier alpha value is -2.04. The predicted octanol–water partition coefficient (Wildman–Crippen LogP) is 1.16. The standard InChI is InChI=1S/C10H12N4O/c1-6-3-2-4-7-10(6)13-9(12-7)5-8(11)14-15/h2-4,15H,5H2,1H3,(H2,11,14)(H,12,13). The number of oxime groups is 1. The van der Waals surface area contributed by atoms with Crippen molar-refractivity contribution in [2.24, 2.45) is 10.9 Å². The van der Waals surface area contributed by atoms with E-state index >= 15 is 0 Å². The van der Waals surface area contributed by atoms with Crippen LogP contribution in [0.25, 0.3) is 11.0 Å². The molecule has 15 heavy (non-hydrogen) atoms. The lowest BCUT2D eigenvalue weighted by Crippen LogP contribution is -2.15. The fraction of sp³-hybridized carbons (Fsp3) is 0.200. The molecule has 0 fully saturated rings. The Morgan fingerprint density at radius 1 is 1.60 bits per heavy atom. The van der Waals surface area contributed by atoms with Crippen LogP contribution in [0, 0.1) is 6.92 Å². The van der Waals surface area contributed by atoms with Gasteiger partial charge in [-0.25, -0.2) is 4.98 Å². The number of hydrogen-bond donors (Lipinski definition) is 3. The highest BCUT2D eigenvalue weighted by Gasteiger charge is 2.05. The lowest BCUT2D eigenvalue weighted by Gasteiger charge is -1.92. The first-order valence-corrected chi connectivity index (χ1v) is 4.61. The van der Waals surface area contributed by atoms with E-state index in [1.54, 1.807) is 0 Å². The number of aromatic nitrogens is 2. The van der Waals surface area contributed by atoms with Gasteiger partial charge in [0.15, 0.2) is 0 Å². The molecule has 0 aliphatic heterocycles. The molecule has 0 radical (unpaired) electrons. The van der Waals surface area contributed by atoms with E-state index in [0.717, 1.165) is 16.6 Å². The third-order valence-electron chi connectivity index (χ3n) is 2.24. The van der Waals surface area contributed by atoms with Gasteiger partial charge in [-0.2, -0.15) is 0 Å². The number of H-pyrrole nitrogens is 1. The summed E-state index contributed by atoms with van der Waals surface area (Å²) in [5.74, 6) is 0.848. The SMILES string of the molecule is Cc1cccc2[nH]c(C/C(N)=N/O)nc12. The Morgan fingerprint density at radius 2 is 2.40 bits per heavy atom. The molecule has 2 aromatic rings. The minimum atomic E-state index is 0.145. The lowest BCUT2D eigenvalue weighted by molar-refractivity contribution is 0.317. The van der Waals surface area contributed by atoms with Crippen LogP contribution in [0.5, 0.6) is 0 Å². The molecule has 1 aromatic heterocycles. The van der Waals surface area contributed by atoms with Gasteiger partial charge in [0.25, 0.3) is 0 Å². The van der Waals surface area contributed by atoms with Crippen LogP contribution < -0.4 is 5.73 Å². The van der Waals surface area contributed by atoms with Crippen LogP contribution in [-0.2, 0) is 6.42 Å². The molecule has 5 nitrogen and oxygen atoms in total. The second kappa shape index (κ2) is 3.61. The summed E-state index contributed by atoms with van der Waals surface area (Å²) in [6, 6.07) is 5.91. The third-order valence-corrected chi connectivity index (χ3v) is 2.24. The molecule has 1 aromatic carbocycles. The van der Waals surface area contributed by atoms with E-state index in [0.29, 0.717) is 12.2 Å². The van der Waals surface area contributed by atoms with Crippen molar-refractivity contribution < 1.29 is 5.21 Å². The Kier molecular flexibility index (Phi) is 2.29. The fourth-order valence-electron chi connectivity index (χ4n) is 1.52. The number of para-hydroxylation sites is 1. The van der Waals surface area contributed by atoms with Crippen molar-refractivity contribution in [3.05, 3.63) is 29.6 Å². The molecule has 4 N–H and O–H groups in total. The number of nitrogens with zero attached hydrogens (tertiary/aromatic N) is 2. The van der Waals surface area contributed by atoms with Gasteiger partial charge >= 0.3 is 0 Å². The highest BCUT2D eigenvalue weighted by molar-refractivity contribution is 5.83. The fourth-order valence-corrected chi connectivity index (χ4v) is 1.52. The molecule has 0 unspecified atom stereocenters. The monoisotopic (exact) mass is 204 g/mol. The maximum absolute atomic E-state index is 8.45. The quantitative estimate of drug-likeness (QED) is 0.297. The van der Waals surface area contributed by atoms with Crippen LogP contribution in [0.1, 0.15) is 11.4 Å². The van der Waals surface area contributed by atoms with E-state index in [2.05, 4.69) is 15.1 Å². The molecule has 78 valence electrons. The molecule has 0 saturated heterocycles. The molecule has 0 bridgehead atoms. The minimum absolute atomic E-state index is 0.145. The van der Waals surface area contributed by atoms with E-state index in [1.807, 2.05) is 25.1 Å². The zero-order chi connectivity index (χ0) is 10.8. The number of aromatic amines is 1. The Balaban J connectivity index is 2.43. The molecule has 0 amide bonds. The first-order chi connectivity index (χ1) is 7.20. The van der Waals surface area contributed by atoms with Crippen molar-refractivity contribution in [2.45, 2.75) is 13.3 Å². The molecule has 1 heterocycles. The van der Waals surface area contributed by atoms with Crippen molar-refractivity contribution in [1.29, 1.82) is 0 Å². The number of nitrogens with one attached hydrogen (secondary N) is 1. The molecule has 0 atom stereocenters. The summed E-state index contributed by atoms with van der Waals surface area (Å²) < 4.78 is 0. The van der Waals surface area contributed by atoms with Gasteiger partial charge in [-0.05, 0) is 18.6 Å². The largest absolute Gasteiger partial charge is 0.409 e. The summed E-state index contributed by atoms with van der Waals surface area (Å²) in [7, 11) is 0. The van der Waals surface area contributed by atoms with E-state index in [4.69, 9.17) is 10.9 Å². The maximum Gasteiger partial charge on any atom is 0.146 e. The zero-order valence-electron chi connectivity index (χ0n) is 8.36. The van der Waals surface area contributed by atoms with Crippen LogP contribution >= 0.6 is 0 Å². The number of amidine groups is 1. The normalized spacial score (nSPS) is 12.2. The van der Waals surface area contributed by atoms with Gasteiger partial charge in [-0.1, -0.05) is 17.3 Å². The Morgan fingerprint density at radius 3 is 3.07 bits per heavy atom. The molecule has 0 aliphatic carbocycles. The first-order valence-electron chi connectivity index (χ1n) is 4.61. The molecular formula is C10H12N4O. The first kappa shape index (κ1) is 9.51. The number of aryl methyl sites for hydroxylation is 1. The van der Waals surface area contributed by atoms with Crippen LogP contribution in [0.4, 0.5) is 0 Å². The molecule has 2 rings (SSSR count). The summed E-state index contributed by atoms with van der Waals surface area (Å²) in [6.07, 6.45) is 0.324. The van der Waals surface area contributed by atoms with E-state index in [1.165, 1.54) is 0 Å². The summed E-state index contributed by atoms with van der Waals surface area (Å²) in [6.45, 7) is 2.00. The smallest absolute Gasteiger partial charge is 0.146 e. The van der Waals surface area contributed by atoms with Gasteiger partial charge in [-0.15, -0.1) is 0 Å². The number of nitrogens with two attached hydrogens (primary N) is 1. The molecule has 0 spiro atoms. The Labute approximate surface area is 86.6 Å². The van der Waals surface area contributed by atoms with Crippen LogP contribution in [0.2, 0.25) is 0 Å². The van der Waals surface area contributed by atoms with Gasteiger partial charge in [0.05, 0.1) is 17.5 Å². The van der Waals surface area contributed by atoms with E-state index in [-0.39, 0.29) is 5.84 Å². The van der Waals surface area contributed by atoms with Crippen molar-refractivity contribution in [2.75, 3.05) is 0 Å². The average molecular weight is 204 g/mol. The molecule has 0 saturated carbocycles. The number of hydrogen-bond acceptors (Lipinski definition) is 3. The summed E-state index contributed by atoms with van der Waals surface area (Å²) in [4.78, 5) is 7.49. The highest BCUT2D eigenvalue weighted by atomic mass is 16.4. The number of rotatable bonds is 2. The number of benzene rings is 1. The van der Waals surface area contributed by atoms with Crippen molar-refractivity contribution in [3.8, 4) is 0 Å². The third kappa shape index (κ3) is 1.76. The van der Waals surface area contributed by atoms with E-state index < -0.39 is 0 Å². The summed E-state index contributed by atoms with van der Waals surface area (Å²) >= 11 is 0. The molecule has 0 aliphatic rings. The molecule has 5 heteroatoms. The zero-order valence-corrected chi connectivity index (χ0v) is 8.36. The van der Waals surface area contributed by atoms with Gasteiger partial charge in [0.1, 0.15) is 11.7 Å². The minimum Gasteiger partial charge on any atom is -0.409 e. The average Bonchev–Trinajstić information content (AvgIpc) is 2.62. The van der Waals surface area contributed by atoms with Crippen LogP contribution in [0.15, 0.2) is 23.4 Å². The van der Waals surface area contributed by atoms with Crippen LogP contribution in [-0.4, -0.2) is 21.0 Å². The maximum atomic E-state index is 8.45. The second-order valence-electron chi connectivity index (χ2n) is 3.42.